The van der Waals surface area contributed by atoms with E-state index < -0.39 is 5.97 Å². The Morgan fingerprint density at radius 1 is 1.50 bits per heavy atom. The highest BCUT2D eigenvalue weighted by molar-refractivity contribution is 5.88. The lowest BCUT2D eigenvalue weighted by molar-refractivity contribution is -0.133. The number of methoxy groups -OCH3 is 1. The molecule has 4 nitrogen and oxygen atoms in total. The Morgan fingerprint density at radius 3 is 2.75 bits per heavy atom. The number of aromatic nitrogens is 2. The zero-order valence-corrected chi connectivity index (χ0v) is 6.44. The molecule has 0 radical (unpaired) electrons. The molecule has 0 aliphatic carbocycles. The number of nitrogens with zero attached hydrogens (tertiary/aromatic N) is 2. The van der Waals surface area contributed by atoms with E-state index in [4.69, 9.17) is 0 Å². The summed E-state index contributed by atoms with van der Waals surface area (Å²) in [7, 11) is 1.27. The van der Waals surface area contributed by atoms with E-state index in [0.29, 0.717) is 5.82 Å². The fourth-order valence-electron chi connectivity index (χ4n) is 0.522. The van der Waals surface area contributed by atoms with Crippen LogP contribution in [-0.4, -0.2) is 23.0 Å². The summed E-state index contributed by atoms with van der Waals surface area (Å²) in [6.07, 6.45) is 3.10. The van der Waals surface area contributed by atoms with Crippen molar-refractivity contribution in [2.24, 2.45) is 0 Å². The molecule has 0 amide bonds. The van der Waals surface area contributed by atoms with Crippen molar-refractivity contribution in [1.82, 2.24) is 9.97 Å². The van der Waals surface area contributed by atoms with E-state index >= 15 is 0 Å². The van der Waals surface area contributed by atoms with Crippen molar-refractivity contribution in [3.8, 4) is 11.8 Å². The van der Waals surface area contributed by atoms with Crippen LogP contribution in [0.25, 0.3) is 0 Å². The standard InChI is InChI=1S/C8H6N2O2/c1-12-8(11)4-3-7-9-5-2-6-10-7/h2,5-6H,1H3. The summed E-state index contributed by atoms with van der Waals surface area (Å²) >= 11 is 0. The van der Waals surface area contributed by atoms with Crippen LogP contribution in [0.3, 0.4) is 0 Å². The van der Waals surface area contributed by atoms with Crippen LogP contribution in [0.4, 0.5) is 0 Å². The van der Waals surface area contributed by atoms with Gasteiger partial charge in [-0.2, -0.15) is 0 Å². The first-order valence-corrected chi connectivity index (χ1v) is 3.20. The molecule has 0 aliphatic rings. The van der Waals surface area contributed by atoms with E-state index in [2.05, 4.69) is 26.5 Å². The Morgan fingerprint density at radius 2 is 2.17 bits per heavy atom. The molecule has 0 atom stereocenters. The second-order valence-corrected chi connectivity index (χ2v) is 1.81. The van der Waals surface area contributed by atoms with Crippen LogP contribution in [0.2, 0.25) is 0 Å². The summed E-state index contributed by atoms with van der Waals surface area (Å²) in [6.45, 7) is 0. The first-order valence-electron chi connectivity index (χ1n) is 3.20. The highest BCUT2D eigenvalue weighted by Gasteiger charge is 1.90. The van der Waals surface area contributed by atoms with E-state index in [1.807, 2.05) is 0 Å². The lowest BCUT2D eigenvalue weighted by Gasteiger charge is -1.85. The van der Waals surface area contributed by atoms with E-state index in [0.717, 1.165) is 0 Å². The molecule has 60 valence electrons. The molecule has 0 unspecified atom stereocenters. The Labute approximate surface area is 69.6 Å². The average molecular weight is 162 g/mol. The molecule has 0 fully saturated rings. The third-order valence-corrected chi connectivity index (χ3v) is 1.03. The number of esters is 1. The topological polar surface area (TPSA) is 52.1 Å². The second-order valence-electron chi connectivity index (χ2n) is 1.81. The molecular weight excluding hydrogens is 156 g/mol. The third kappa shape index (κ3) is 2.39. The molecule has 0 spiro atoms. The lowest BCUT2D eigenvalue weighted by atomic mass is 10.5. The summed E-state index contributed by atoms with van der Waals surface area (Å²) in [5.41, 5.74) is 0. The van der Waals surface area contributed by atoms with Crippen molar-refractivity contribution in [1.29, 1.82) is 0 Å². The zero-order chi connectivity index (χ0) is 8.81. The summed E-state index contributed by atoms with van der Waals surface area (Å²) in [4.78, 5) is 18.1. The Kier molecular flexibility index (Phi) is 2.79. The number of ether oxygens (including phenoxy) is 1. The Hall–Kier alpha value is -1.89. The van der Waals surface area contributed by atoms with Gasteiger partial charge in [0, 0.05) is 18.3 Å². The van der Waals surface area contributed by atoms with Crippen LogP contribution < -0.4 is 0 Å². The fourth-order valence-corrected chi connectivity index (χ4v) is 0.522. The Bertz CT molecular complexity index is 324. The SMILES string of the molecule is COC(=O)C#Cc1ncccn1. The molecule has 4 heteroatoms. The number of carbonyl (C=O) groups excluding carboxylic acids is 1. The molecule has 0 N–H and O–H groups in total. The Balaban J connectivity index is 2.74. The predicted molar refractivity (Wildman–Crippen MR) is 40.9 cm³/mol. The number of hydrogen-bond acceptors (Lipinski definition) is 4. The molecule has 1 rings (SSSR count). The molecular formula is C8H6N2O2. The predicted octanol–water partition coefficient (Wildman–Crippen LogP) is 0.00110. The molecule has 1 heterocycles. The molecule has 1 aromatic rings. The molecule has 0 aliphatic heterocycles. The maximum Gasteiger partial charge on any atom is 0.384 e. The van der Waals surface area contributed by atoms with Gasteiger partial charge in [-0.15, -0.1) is 0 Å². The molecule has 0 bridgehead atoms. The van der Waals surface area contributed by atoms with Gasteiger partial charge in [0.15, 0.2) is 0 Å². The summed E-state index contributed by atoms with van der Waals surface area (Å²) < 4.78 is 4.30. The van der Waals surface area contributed by atoms with Gasteiger partial charge in [0.25, 0.3) is 0 Å². The minimum absolute atomic E-state index is 0.308. The molecule has 0 saturated carbocycles. The van der Waals surface area contributed by atoms with Crippen LogP contribution in [-0.2, 0) is 9.53 Å². The van der Waals surface area contributed by atoms with Crippen LogP contribution in [0.1, 0.15) is 5.82 Å². The second kappa shape index (κ2) is 4.09. The smallest absolute Gasteiger partial charge is 0.384 e. The van der Waals surface area contributed by atoms with Crippen molar-refractivity contribution in [2.45, 2.75) is 0 Å². The summed E-state index contributed by atoms with van der Waals surface area (Å²) in [6, 6.07) is 1.67. The van der Waals surface area contributed by atoms with Crippen LogP contribution in [0, 0.1) is 11.8 Å². The molecule has 0 saturated heterocycles. The van der Waals surface area contributed by atoms with Gasteiger partial charge in [0.05, 0.1) is 7.11 Å². The highest BCUT2D eigenvalue weighted by atomic mass is 16.5. The van der Waals surface area contributed by atoms with Crippen LogP contribution in [0.15, 0.2) is 18.5 Å². The maximum atomic E-state index is 10.5. The third-order valence-electron chi connectivity index (χ3n) is 1.03. The minimum atomic E-state index is -0.595. The normalized spacial score (nSPS) is 8.08. The summed E-state index contributed by atoms with van der Waals surface area (Å²) in [5, 5.41) is 0. The van der Waals surface area contributed by atoms with Gasteiger partial charge in [-0.05, 0) is 12.0 Å². The first-order chi connectivity index (χ1) is 5.83. The number of hydrogen-bond donors (Lipinski definition) is 0. The van der Waals surface area contributed by atoms with Crippen molar-refractivity contribution in [3.05, 3.63) is 24.3 Å². The van der Waals surface area contributed by atoms with Crippen LogP contribution >= 0.6 is 0 Å². The van der Waals surface area contributed by atoms with Gasteiger partial charge < -0.3 is 4.74 Å². The van der Waals surface area contributed by atoms with Gasteiger partial charge >= 0.3 is 5.97 Å². The number of carbonyl (C=O) groups is 1. The number of rotatable bonds is 0. The molecule has 1 aromatic heterocycles. The monoisotopic (exact) mass is 162 g/mol. The van der Waals surface area contributed by atoms with Gasteiger partial charge in [-0.3, -0.25) is 0 Å². The lowest BCUT2D eigenvalue weighted by Crippen LogP contribution is -1.95. The average Bonchev–Trinajstić information content (AvgIpc) is 2.16. The van der Waals surface area contributed by atoms with Crippen molar-refractivity contribution < 1.29 is 9.53 Å². The summed E-state index contributed by atoms with van der Waals surface area (Å²) in [5.74, 6) is 4.37. The van der Waals surface area contributed by atoms with E-state index in [1.165, 1.54) is 7.11 Å². The highest BCUT2D eigenvalue weighted by Crippen LogP contribution is 1.82. The van der Waals surface area contributed by atoms with E-state index in [-0.39, 0.29) is 0 Å². The van der Waals surface area contributed by atoms with Crippen molar-refractivity contribution in [3.63, 3.8) is 0 Å². The maximum absolute atomic E-state index is 10.5. The zero-order valence-electron chi connectivity index (χ0n) is 6.44. The van der Waals surface area contributed by atoms with E-state index in [1.54, 1.807) is 18.5 Å². The quantitative estimate of drug-likeness (QED) is 0.398. The molecule has 0 aromatic carbocycles. The van der Waals surface area contributed by atoms with Gasteiger partial charge in [-0.25, -0.2) is 14.8 Å². The van der Waals surface area contributed by atoms with Gasteiger partial charge in [-0.1, -0.05) is 0 Å². The first kappa shape index (κ1) is 8.21. The molecule has 12 heavy (non-hydrogen) atoms. The van der Waals surface area contributed by atoms with Gasteiger partial charge in [0.2, 0.25) is 5.82 Å². The fraction of sp³-hybridized carbons (Fsp3) is 0.125. The van der Waals surface area contributed by atoms with Gasteiger partial charge in [0.1, 0.15) is 0 Å². The largest absolute Gasteiger partial charge is 0.459 e. The van der Waals surface area contributed by atoms with Crippen molar-refractivity contribution in [2.75, 3.05) is 7.11 Å². The van der Waals surface area contributed by atoms with E-state index in [9.17, 15) is 4.79 Å². The minimum Gasteiger partial charge on any atom is -0.459 e. The van der Waals surface area contributed by atoms with Crippen LogP contribution in [0.5, 0.6) is 0 Å². The van der Waals surface area contributed by atoms with Crippen molar-refractivity contribution >= 4 is 5.97 Å².